The van der Waals surface area contributed by atoms with Crippen molar-refractivity contribution in [3.05, 3.63) is 35.6 Å². The predicted octanol–water partition coefficient (Wildman–Crippen LogP) is 2.79. The average molecular weight is 321 g/mol. The zero-order valence-electron chi connectivity index (χ0n) is 14.1. The van der Waals surface area contributed by atoms with Crippen LogP contribution in [0.3, 0.4) is 0 Å². The summed E-state index contributed by atoms with van der Waals surface area (Å²) in [6.07, 6.45) is 2.49. The van der Waals surface area contributed by atoms with E-state index < -0.39 is 0 Å². The number of likely N-dealkylation sites (tertiary alicyclic amines) is 1. The van der Waals surface area contributed by atoms with Gasteiger partial charge in [0.05, 0.1) is 0 Å². The van der Waals surface area contributed by atoms with Crippen LogP contribution in [0, 0.1) is 11.7 Å². The van der Waals surface area contributed by atoms with Crippen LogP contribution in [0.1, 0.15) is 32.3 Å². The molecule has 0 atom stereocenters. The van der Waals surface area contributed by atoms with E-state index in [0.717, 1.165) is 32.5 Å². The molecule has 0 aromatic heterocycles. The van der Waals surface area contributed by atoms with E-state index in [9.17, 15) is 9.18 Å². The lowest BCUT2D eigenvalue weighted by molar-refractivity contribution is 0.178. The Labute approximate surface area is 138 Å². The third-order valence-corrected chi connectivity index (χ3v) is 4.18. The summed E-state index contributed by atoms with van der Waals surface area (Å²) >= 11 is 0. The lowest BCUT2D eigenvalue weighted by atomic mass is 10.0. The van der Waals surface area contributed by atoms with Crippen LogP contribution in [-0.2, 0) is 6.42 Å². The van der Waals surface area contributed by atoms with Crippen molar-refractivity contribution in [1.82, 2.24) is 15.5 Å². The molecule has 5 heteroatoms. The van der Waals surface area contributed by atoms with E-state index in [1.54, 1.807) is 12.1 Å². The number of halogens is 1. The molecule has 4 nitrogen and oxygen atoms in total. The molecule has 0 saturated carbocycles. The second-order valence-electron chi connectivity index (χ2n) is 6.71. The minimum absolute atomic E-state index is 0.149. The van der Waals surface area contributed by atoms with Crippen molar-refractivity contribution in [2.24, 2.45) is 5.92 Å². The highest BCUT2D eigenvalue weighted by Gasteiger charge is 2.20. The van der Waals surface area contributed by atoms with Gasteiger partial charge in [0.1, 0.15) is 5.82 Å². The van der Waals surface area contributed by atoms with E-state index in [0.29, 0.717) is 24.4 Å². The van der Waals surface area contributed by atoms with Crippen molar-refractivity contribution in [2.75, 3.05) is 26.2 Å². The first-order valence-electron chi connectivity index (χ1n) is 8.54. The molecule has 0 bridgehead atoms. The van der Waals surface area contributed by atoms with Crippen LogP contribution in [-0.4, -0.2) is 43.2 Å². The maximum absolute atomic E-state index is 13.5. The highest BCUT2D eigenvalue weighted by atomic mass is 19.1. The van der Waals surface area contributed by atoms with Gasteiger partial charge in [0, 0.05) is 32.2 Å². The van der Waals surface area contributed by atoms with Gasteiger partial charge >= 0.3 is 6.03 Å². The van der Waals surface area contributed by atoms with Gasteiger partial charge in [-0.15, -0.1) is 0 Å². The number of hydrogen-bond donors (Lipinski definition) is 2. The molecule has 0 unspecified atom stereocenters. The number of nitrogens with zero attached hydrogens (tertiary/aromatic N) is 1. The first-order valence-corrected chi connectivity index (χ1v) is 8.54. The summed E-state index contributed by atoms with van der Waals surface area (Å²) in [4.78, 5) is 14.4. The van der Waals surface area contributed by atoms with Gasteiger partial charge in [-0.2, -0.15) is 0 Å². The number of urea groups is 1. The van der Waals surface area contributed by atoms with Gasteiger partial charge in [-0.3, -0.25) is 0 Å². The molecule has 2 N–H and O–H groups in total. The molecule has 1 aliphatic heterocycles. The molecule has 0 aliphatic carbocycles. The molecular weight excluding hydrogens is 293 g/mol. The number of piperidine rings is 1. The fraction of sp³-hybridized carbons (Fsp3) is 0.611. The Kier molecular flexibility index (Phi) is 6.84. The van der Waals surface area contributed by atoms with Crippen molar-refractivity contribution in [3.8, 4) is 0 Å². The van der Waals surface area contributed by atoms with E-state index in [-0.39, 0.29) is 17.9 Å². The number of rotatable bonds is 6. The molecule has 1 fully saturated rings. The van der Waals surface area contributed by atoms with Crippen LogP contribution in [0.25, 0.3) is 0 Å². The van der Waals surface area contributed by atoms with Crippen LogP contribution in [0.4, 0.5) is 9.18 Å². The van der Waals surface area contributed by atoms with Crippen molar-refractivity contribution in [2.45, 2.75) is 39.2 Å². The van der Waals surface area contributed by atoms with Crippen LogP contribution in [0.5, 0.6) is 0 Å². The lowest BCUT2D eigenvalue weighted by Gasteiger charge is -2.33. The summed E-state index contributed by atoms with van der Waals surface area (Å²) in [6, 6.07) is 6.77. The average Bonchev–Trinajstić information content (AvgIpc) is 2.51. The second kappa shape index (κ2) is 8.87. The maximum Gasteiger partial charge on any atom is 0.315 e. The molecule has 1 aromatic rings. The van der Waals surface area contributed by atoms with Crippen molar-refractivity contribution >= 4 is 6.03 Å². The van der Waals surface area contributed by atoms with Gasteiger partial charge < -0.3 is 15.5 Å². The fourth-order valence-corrected chi connectivity index (χ4v) is 3.02. The molecule has 1 aliphatic rings. The van der Waals surface area contributed by atoms with Crippen LogP contribution in [0.2, 0.25) is 0 Å². The van der Waals surface area contributed by atoms with Crippen molar-refractivity contribution < 1.29 is 9.18 Å². The first-order chi connectivity index (χ1) is 11.0. The number of carbonyl (C=O) groups excluding carboxylic acids is 1. The fourth-order valence-electron chi connectivity index (χ4n) is 3.02. The summed E-state index contributed by atoms with van der Waals surface area (Å²) in [5.74, 6) is 0.466. The van der Waals surface area contributed by atoms with Crippen LogP contribution >= 0.6 is 0 Å². The Morgan fingerprint density at radius 2 is 2.00 bits per heavy atom. The number of carbonyl (C=O) groups is 1. The molecule has 2 amide bonds. The van der Waals surface area contributed by atoms with Crippen LogP contribution < -0.4 is 10.6 Å². The highest BCUT2D eigenvalue weighted by Crippen LogP contribution is 2.12. The first kappa shape index (κ1) is 17.7. The minimum atomic E-state index is -0.216. The minimum Gasteiger partial charge on any atom is -0.338 e. The summed E-state index contributed by atoms with van der Waals surface area (Å²) in [6.45, 7) is 8.11. The summed E-state index contributed by atoms with van der Waals surface area (Å²) < 4.78 is 13.5. The van der Waals surface area contributed by atoms with Gasteiger partial charge in [0.25, 0.3) is 0 Å². The number of hydrogen-bond acceptors (Lipinski definition) is 2. The molecule has 23 heavy (non-hydrogen) atoms. The molecule has 1 saturated heterocycles. The summed E-state index contributed by atoms with van der Waals surface area (Å²) in [7, 11) is 0. The largest absolute Gasteiger partial charge is 0.338 e. The molecule has 0 spiro atoms. The standard InChI is InChI=1S/C18H28FN3O/c1-14(2)13-22-11-8-16(9-12-22)21-18(23)20-10-7-15-5-3-4-6-17(15)19/h3-6,14,16H,7-13H2,1-2H3,(H2,20,21,23). The lowest BCUT2D eigenvalue weighted by Crippen LogP contribution is -2.48. The predicted molar refractivity (Wildman–Crippen MR) is 90.9 cm³/mol. The SMILES string of the molecule is CC(C)CN1CCC(NC(=O)NCCc2ccccc2F)CC1. The van der Waals surface area contributed by atoms with Gasteiger partial charge in [0.15, 0.2) is 0 Å². The Bertz CT molecular complexity index is 499. The van der Waals surface area contributed by atoms with Gasteiger partial charge in [0.2, 0.25) is 0 Å². The normalized spacial score (nSPS) is 16.5. The van der Waals surface area contributed by atoms with Crippen molar-refractivity contribution in [1.29, 1.82) is 0 Å². The smallest absolute Gasteiger partial charge is 0.315 e. The third kappa shape index (κ3) is 6.18. The summed E-state index contributed by atoms with van der Waals surface area (Å²) in [5.41, 5.74) is 0.634. The topological polar surface area (TPSA) is 44.4 Å². The Balaban J connectivity index is 1.63. The monoisotopic (exact) mass is 321 g/mol. The Hall–Kier alpha value is -1.62. The van der Waals surface area contributed by atoms with Gasteiger partial charge in [-0.05, 0) is 36.8 Å². The third-order valence-electron chi connectivity index (χ3n) is 4.18. The van der Waals surface area contributed by atoms with E-state index in [1.807, 2.05) is 6.07 Å². The zero-order chi connectivity index (χ0) is 16.7. The Morgan fingerprint density at radius 1 is 1.30 bits per heavy atom. The van der Waals surface area contributed by atoms with Gasteiger partial charge in [-0.25, -0.2) is 9.18 Å². The molecular formula is C18H28FN3O. The molecule has 0 radical (unpaired) electrons. The second-order valence-corrected chi connectivity index (χ2v) is 6.71. The molecule has 1 aromatic carbocycles. The van der Waals surface area contributed by atoms with Crippen molar-refractivity contribution in [3.63, 3.8) is 0 Å². The van der Waals surface area contributed by atoms with Crippen LogP contribution in [0.15, 0.2) is 24.3 Å². The molecule has 128 valence electrons. The zero-order valence-corrected chi connectivity index (χ0v) is 14.1. The van der Waals surface area contributed by atoms with E-state index >= 15 is 0 Å². The van der Waals surface area contributed by atoms with E-state index in [4.69, 9.17) is 0 Å². The van der Waals surface area contributed by atoms with Gasteiger partial charge in [-0.1, -0.05) is 32.0 Å². The maximum atomic E-state index is 13.5. The molecule has 2 rings (SSSR count). The highest BCUT2D eigenvalue weighted by molar-refractivity contribution is 5.74. The quantitative estimate of drug-likeness (QED) is 0.846. The Morgan fingerprint density at radius 3 is 2.65 bits per heavy atom. The summed E-state index contributed by atoms with van der Waals surface area (Å²) in [5, 5.41) is 5.84. The molecule has 1 heterocycles. The number of nitrogens with one attached hydrogen (secondary N) is 2. The number of amides is 2. The number of benzene rings is 1. The van der Waals surface area contributed by atoms with E-state index in [1.165, 1.54) is 6.07 Å². The van der Waals surface area contributed by atoms with E-state index in [2.05, 4.69) is 29.4 Å².